The van der Waals surface area contributed by atoms with Crippen molar-refractivity contribution in [1.29, 1.82) is 0 Å². The minimum Gasteiger partial charge on any atom is -0.444 e. The SMILES string of the molecule is C[B]c1ccc(-c2cnc(C3CCCN3C(=O)OC(C)(C)C)[nH]2)c(OC(C)=O)c1. The fourth-order valence-electron chi connectivity index (χ4n) is 3.41. The molecule has 1 aliphatic rings. The van der Waals surface area contributed by atoms with E-state index in [2.05, 4.69) is 9.97 Å². The Kier molecular flexibility index (Phi) is 6.00. The van der Waals surface area contributed by atoms with Gasteiger partial charge in [0, 0.05) is 19.0 Å². The van der Waals surface area contributed by atoms with Gasteiger partial charge in [0.25, 0.3) is 0 Å². The number of nitrogens with zero attached hydrogens (tertiary/aromatic N) is 2. The van der Waals surface area contributed by atoms with Gasteiger partial charge in [0.2, 0.25) is 0 Å². The maximum atomic E-state index is 12.6. The zero-order valence-electron chi connectivity index (χ0n) is 17.6. The zero-order valence-corrected chi connectivity index (χ0v) is 17.6. The maximum absolute atomic E-state index is 12.6. The average Bonchev–Trinajstić information content (AvgIpc) is 3.28. The second-order valence-electron chi connectivity index (χ2n) is 8.15. The number of likely N-dealkylation sites (tertiary alicyclic amines) is 1. The molecule has 1 N–H and O–H groups in total. The summed E-state index contributed by atoms with van der Waals surface area (Å²) in [5.74, 6) is 0.785. The van der Waals surface area contributed by atoms with Crippen molar-refractivity contribution in [1.82, 2.24) is 14.9 Å². The van der Waals surface area contributed by atoms with Gasteiger partial charge in [0.1, 0.15) is 24.5 Å². The van der Waals surface area contributed by atoms with E-state index in [0.29, 0.717) is 18.1 Å². The second kappa shape index (κ2) is 8.31. The van der Waals surface area contributed by atoms with Crippen LogP contribution in [-0.2, 0) is 9.53 Å². The third-order valence-electron chi connectivity index (χ3n) is 4.67. The van der Waals surface area contributed by atoms with Crippen LogP contribution in [0, 0.1) is 0 Å². The highest BCUT2D eigenvalue weighted by Gasteiger charge is 2.35. The fraction of sp³-hybridized carbons (Fsp3) is 0.476. The molecule has 29 heavy (non-hydrogen) atoms. The van der Waals surface area contributed by atoms with E-state index >= 15 is 0 Å². The molecule has 1 aromatic carbocycles. The van der Waals surface area contributed by atoms with Gasteiger partial charge in [0.15, 0.2) is 0 Å². The van der Waals surface area contributed by atoms with E-state index in [1.807, 2.05) is 53.1 Å². The molecule has 153 valence electrons. The summed E-state index contributed by atoms with van der Waals surface area (Å²) >= 11 is 0. The molecule has 1 unspecified atom stereocenters. The number of aromatic nitrogens is 2. The predicted octanol–water partition coefficient (Wildman–Crippen LogP) is 3.45. The number of esters is 1. The molecule has 1 fully saturated rings. The smallest absolute Gasteiger partial charge is 0.410 e. The summed E-state index contributed by atoms with van der Waals surface area (Å²) in [6.45, 7) is 9.50. The molecule has 8 heteroatoms. The van der Waals surface area contributed by atoms with Crippen LogP contribution in [0.25, 0.3) is 11.3 Å². The van der Waals surface area contributed by atoms with Crippen molar-refractivity contribution in [3.05, 3.63) is 30.2 Å². The second-order valence-corrected chi connectivity index (χ2v) is 8.15. The molecule has 1 aliphatic heterocycles. The lowest BCUT2D eigenvalue weighted by Crippen LogP contribution is -2.36. The standard InChI is InChI=1S/C21H27BN3O4/c1-13(26)28-18-11-14(22-5)8-9-15(18)16-12-23-19(24-16)17-7-6-10-25(17)20(27)29-21(2,3)4/h8-9,11-12,17H,6-7,10H2,1-5H3,(H,23,24). The molecule has 0 spiro atoms. The zero-order chi connectivity index (χ0) is 21.2. The Morgan fingerprint density at radius 1 is 1.31 bits per heavy atom. The first-order valence-electron chi connectivity index (χ1n) is 9.84. The van der Waals surface area contributed by atoms with Gasteiger partial charge in [-0.1, -0.05) is 18.4 Å². The van der Waals surface area contributed by atoms with Crippen LogP contribution in [0.2, 0.25) is 6.82 Å². The number of benzene rings is 1. The first-order valence-corrected chi connectivity index (χ1v) is 9.84. The highest BCUT2D eigenvalue weighted by atomic mass is 16.6. The Hall–Kier alpha value is -2.77. The van der Waals surface area contributed by atoms with E-state index < -0.39 is 5.60 Å². The lowest BCUT2D eigenvalue weighted by Gasteiger charge is -2.27. The van der Waals surface area contributed by atoms with Gasteiger partial charge in [-0.15, -0.1) is 0 Å². The molecule has 1 radical (unpaired) electrons. The summed E-state index contributed by atoms with van der Waals surface area (Å²) in [5.41, 5.74) is 1.88. The Morgan fingerprint density at radius 2 is 2.07 bits per heavy atom. The fourth-order valence-corrected chi connectivity index (χ4v) is 3.41. The van der Waals surface area contributed by atoms with Crippen LogP contribution in [0.1, 0.15) is 52.4 Å². The van der Waals surface area contributed by atoms with Crippen molar-refractivity contribution in [2.24, 2.45) is 0 Å². The Balaban J connectivity index is 1.87. The molecular formula is C21H27BN3O4. The number of carbonyl (C=O) groups excluding carboxylic acids is 2. The van der Waals surface area contributed by atoms with E-state index in [9.17, 15) is 9.59 Å². The number of hydrogen-bond acceptors (Lipinski definition) is 5. The molecule has 3 rings (SSSR count). The minimum atomic E-state index is -0.546. The normalized spacial score (nSPS) is 16.6. The number of nitrogens with one attached hydrogen (secondary N) is 1. The summed E-state index contributed by atoms with van der Waals surface area (Å²) < 4.78 is 10.9. The van der Waals surface area contributed by atoms with Crippen molar-refractivity contribution in [2.75, 3.05) is 6.54 Å². The highest BCUT2D eigenvalue weighted by Crippen LogP contribution is 2.34. The molecule has 2 aromatic rings. The van der Waals surface area contributed by atoms with Crippen LogP contribution in [0.4, 0.5) is 4.79 Å². The first kappa shape index (κ1) is 21.0. The van der Waals surface area contributed by atoms with Gasteiger partial charge in [-0.2, -0.15) is 0 Å². The molecule has 1 atom stereocenters. The monoisotopic (exact) mass is 396 g/mol. The molecule has 1 aromatic heterocycles. The number of ether oxygens (including phenoxy) is 2. The largest absolute Gasteiger partial charge is 0.444 e. The molecule has 0 aliphatic carbocycles. The van der Waals surface area contributed by atoms with E-state index in [-0.39, 0.29) is 18.1 Å². The maximum Gasteiger partial charge on any atom is 0.410 e. The van der Waals surface area contributed by atoms with Gasteiger partial charge in [-0.25, -0.2) is 9.78 Å². The number of aromatic amines is 1. The van der Waals surface area contributed by atoms with Crippen LogP contribution in [0.5, 0.6) is 5.75 Å². The lowest BCUT2D eigenvalue weighted by atomic mass is 9.73. The van der Waals surface area contributed by atoms with Crippen molar-refractivity contribution >= 4 is 24.8 Å². The van der Waals surface area contributed by atoms with Crippen molar-refractivity contribution in [3.63, 3.8) is 0 Å². The van der Waals surface area contributed by atoms with Crippen LogP contribution in [0.15, 0.2) is 24.4 Å². The number of hydrogen-bond donors (Lipinski definition) is 1. The third kappa shape index (κ3) is 4.99. The molecule has 1 saturated heterocycles. The van der Waals surface area contributed by atoms with E-state index in [4.69, 9.17) is 9.47 Å². The average molecular weight is 396 g/mol. The Morgan fingerprint density at radius 3 is 2.72 bits per heavy atom. The summed E-state index contributed by atoms with van der Waals surface area (Å²) in [4.78, 5) is 33.6. The molecule has 7 nitrogen and oxygen atoms in total. The number of H-pyrrole nitrogens is 1. The van der Waals surface area contributed by atoms with Crippen molar-refractivity contribution in [3.8, 4) is 17.0 Å². The van der Waals surface area contributed by atoms with Crippen LogP contribution < -0.4 is 10.2 Å². The molecule has 0 bridgehead atoms. The number of carbonyl (C=O) groups is 2. The van der Waals surface area contributed by atoms with Crippen molar-refractivity contribution < 1.29 is 19.1 Å². The van der Waals surface area contributed by atoms with E-state index in [1.54, 1.807) is 11.1 Å². The van der Waals surface area contributed by atoms with Gasteiger partial charge in [0.05, 0.1) is 17.9 Å². The van der Waals surface area contributed by atoms with Gasteiger partial charge in [-0.05, 0) is 45.7 Å². The Bertz CT molecular complexity index is 904. The molecular weight excluding hydrogens is 369 g/mol. The number of amides is 1. The molecule has 0 saturated carbocycles. The van der Waals surface area contributed by atoms with Gasteiger partial charge in [-0.3, -0.25) is 9.69 Å². The predicted molar refractivity (Wildman–Crippen MR) is 111 cm³/mol. The lowest BCUT2D eigenvalue weighted by molar-refractivity contribution is -0.131. The molecule has 1 amide bonds. The molecule has 2 heterocycles. The summed E-state index contributed by atoms with van der Waals surface area (Å²) in [5, 5.41) is 0. The quantitative estimate of drug-likeness (QED) is 0.486. The highest BCUT2D eigenvalue weighted by molar-refractivity contribution is 6.52. The van der Waals surface area contributed by atoms with Gasteiger partial charge < -0.3 is 14.5 Å². The summed E-state index contributed by atoms with van der Waals surface area (Å²) in [6, 6.07) is 5.50. The van der Waals surface area contributed by atoms with E-state index in [1.165, 1.54) is 6.92 Å². The number of imidazole rings is 1. The Labute approximate surface area is 172 Å². The van der Waals surface area contributed by atoms with Crippen LogP contribution in [0.3, 0.4) is 0 Å². The van der Waals surface area contributed by atoms with Crippen molar-refractivity contribution in [2.45, 2.75) is 59.0 Å². The van der Waals surface area contributed by atoms with Gasteiger partial charge >= 0.3 is 12.1 Å². The number of rotatable bonds is 4. The van der Waals surface area contributed by atoms with Crippen LogP contribution >= 0.6 is 0 Å². The van der Waals surface area contributed by atoms with Crippen LogP contribution in [-0.4, -0.2) is 46.4 Å². The summed E-state index contributed by atoms with van der Waals surface area (Å²) in [6.07, 6.45) is 3.08. The van der Waals surface area contributed by atoms with E-state index in [0.717, 1.165) is 29.6 Å². The topological polar surface area (TPSA) is 84.5 Å². The third-order valence-corrected chi connectivity index (χ3v) is 4.67. The minimum absolute atomic E-state index is 0.168. The summed E-state index contributed by atoms with van der Waals surface area (Å²) in [7, 11) is 1.94. The first-order chi connectivity index (χ1) is 13.7.